The summed E-state index contributed by atoms with van der Waals surface area (Å²) in [6.07, 6.45) is -2.98. The van der Waals surface area contributed by atoms with Gasteiger partial charge in [0.05, 0.1) is 24.5 Å². The standard InChI is InChI=1S/C21H27N3O3.2C2HF3O2/c1-2-27-20(25)21-8-5-10-23(12-17-7-11-26-15-17)13-18(21)14-24(16-21)19-6-3-4-9-22-19;2*3-2(4,5)1(6)7/h3-4,6-7,9,11,15,18H,2,5,8,10,12-14,16H2,1H3;2*(H,6,7)/t18-,21-;;/m0../s1. The number of aromatic nitrogens is 1. The third-order valence-corrected chi connectivity index (χ3v) is 6.40. The van der Waals surface area contributed by atoms with Crippen LogP contribution in [0.3, 0.4) is 0 Å². The number of rotatable bonds is 5. The van der Waals surface area contributed by atoms with Crippen molar-refractivity contribution in [3.05, 3.63) is 48.6 Å². The Kier molecular flexibility index (Phi) is 11.6. The maximum Gasteiger partial charge on any atom is 0.490 e. The first kappa shape index (κ1) is 33.4. The predicted octanol–water partition coefficient (Wildman–Crippen LogP) is 4.22. The number of carbonyl (C=O) groups excluding carboxylic acids is 1. The number of likely N-dealkylation sites (tertiary alicyclic amines) is 1. The lowest BCUT2D eigenvalue weighted by Gasteiger charge is -2.31. The highest BCUT2D eigenvalue weighted by Gasteiger charge is 2.54. The Morgan fingerprint density at radius 3 is 2.20 bits per heavy atom. The second-order valence-electron chi connectivity index (χ2n) is 9.22. The molecule has 16 heteroatoms. The molecule has 10 nitrogen and oxygen atoms in total. The molecule has 0 aromatic carbocycles. The van der Waals surface area contributed by atoms with E-state index in [1.54, 1.807) is 12.5 Å². The van der Waals surface area contributed by atoms with Gasteiger partial charge in [0.1, 0.15) is 5.82 Å². The summed E-state index contributed by atoms with van der Waals surface area (Å²) in [5, 5.41) is 14.2. The van der Waals surface area contributed by atoms with Crippen LogP contribution in [0.15, 0.2) is 47.4 Å². The monoisotopic (exact) mass is 597 g/mol. The number of hydrogen-bond donors (Lipinski definition) is 2. The number of halogens is 6. The van der Waals surface area contributed by atoms with E-state index in [2.05, 4.69) is 14.8 Å². The Morgan fingerprint density at radius 1 is 1.07 bits per heavy atom. The van der Waals surface area contributed by atoms with E-state index in [0.29, 0.717) is 13.2 Å². The molecular formula is C25H29F6N3O7. The van der Waals surface area contributed by atoms with Gasteiger partial charge < -0.3 is 24.3 Å². The number of carboxylic acids is 2. The van der Waals surface area contributed by atoms with Gasteiger partial charge in [-0.3, -0.25) is 9.69 Å². The van der Waals surface area contributed by atoms with E-state index < -0.39 is 29.7 Å². The molecule has 2 aromatic rings. The van der Waals surface area contributed by atoms with E-state index in [9.17, 15) is 31.1 Å². The van der Waals surface area contributed by atoms with E-state index in [4.69, 9.17) is 29.0 Å². The molecule has 0 saturated carbocycles. The summed E-state index contributed by atoms with van der Waals surface area (Å²) >= 11 is 0. The largest absolute Gasteiger partial charge is 0.490 e. The Labute approximate surface area is 230 Å². The van der Waals surface area contributed by atoms with E-state index in [0.717, 1.165) is 44.8 Å². The topological polar surface area (TPSA) is 133 Å². The Morgan fingerprint density at radius 2 is 1.71 bits per heavy atom. The summed E-state index contributed by atoms with van der Waals surface area (Å²) in [7, 11) is 0. The van der Waals surface area contributed by atoms with Crippen LogP contribution in [0.1, 0.15) is 25.3 Å². The molecule has 2 aliphatic heterocycles. The van der Waals surface area contributed by atoms with Crippen LogP contribution in [-0.2, 0) is 25.7 Å². The zero-order valence-corrected chi connectivity index (χ0v) is 21.8. The van der Waals surface area contributed by atoms with Crippen molar-refractivity contribution in [2.24, 2.45) is 11.3 Å². The number of ether oxygens (including phenoxy) is 1. The number of esters is 1. The van der Waals surface area contributed by atoms with Crippen molar-refractivity contribution in [1.82, 2.24) is 9.88 Å². The number of alkyl halides is 6. The molecule has 0 unspecified atom stereocenters. The van der Waals surface area contributed by atoms with Crippen LogP contribution in [0.4, 0.5) is 32.2 Å². The molecule has 0 aliphatic carbocycles. The van der Waals surface area contributed by atoms with Crippen molar-refractivity contribution < 1.29 is 60.1 Å². The lowest BCUT2D eigenvalue weighted by molar-refractivity contribution is -0.193. The lowest BCUT2D eigenvalue weighted by atomic mass is 9.75. The van der Waals surface area contributed by atoms with Gasteiger partial charge in [0.2, 0.25) is 0 Å². The summed E-state index contributed by atoms with van der Waals surface area (Å²) < 4.78 is 74.2. The van der Waals surface area contributed by atoms with E-state index in [-0.39, 0.29) is 11.9 Å². The molecular weight excluding hydrogens is 568 g/mol. The molecule has 4 heterocycles. The highest BCUT2D eigenvalue weighted by atomic mass is 19.4. The zero-order chi connectivity index (χ0) is 30.8. The zero-order valence-electron chi connectivity index (χ0n) is 21.8. The number of pyridine rings is 1. The maximum absolute atomic E-state index is 13.1. The highest BCUT2D eigenvalue weighted by Crippen LogP contribution is 2.45. The summed E-state index contributed by atoms with van der Waals surface area (Å²) in [4.78, 5) is 40.0. The van der Waals surface area contributed by atoms with Gasteiger partial charge in [0, 0.05) is 43.9 Å². The molecule has 0 spiro atoms. The Balaban J connectivity index is 0.000000349. The number of fused-ring (bicyclic) bond motifs is 1. The van der Waals surface area contributed by atoms with Gasteiger partial charge >= 0.3 is 30.3 Å². The molecule has 41 heavy (non-hydrogen) atoms. The predicted molar refractivity (Wildman–Crippen MR) is 130 cm³/mol. The van der Waals surface area contributed by atoms with Crippen molar-refractivity contribution in [2.75, 3.05) is 37.7 Å². The highest BCUT2D eigenvalue weighted by molar-refractivity contribution is 5.79. The molecule has 0 bridgehead atoms. The normalized spacial score (nSPS) is 20.9. The van der Waals surface area contributed by atoms with Crippen molar-refractivity contribution in [1.29, 1.82) is 0 Å². The smallest absolute Gasteiger partial charge is 0.475 e. The number of furan rings is 1. The first-order valence-electron chi connectivity index (χ1n) is 12.3. The van der Waals surface area contributed by atoms with Crippen LogP contribution in [-0.4, -0.2) is 83.1 Å². The molecule has 2 fully saturated rings. The number of nitrogens with zero attached hydrogens (tertiary/aromatic N) is 3. The molecule has 4 rings (SSSR count). The molecule has 2 aliphatic rings. The summed E-state index contributed by atoms with van der Waals surface area (Å²) in [5.74, 6) is -4.39. The molecule has 228 valence electrons. The van der Waals surface area contributed by atoms with E-state index in [1.807, 2.05) is 37.4 Å². The minimum atomic E-state index is -5.08. The van der Waals surface area contributed by atoms with Crippen molar-refractivity contribution >= 4 is 23.7 Å². The third-order valence-electron chi connectivity index (χ3n) is 6.40. The summed E-state index contributed by atoms with van der Waals surface area (Å²) in [6.45, 7) is 6.56. The fraction of sp³-hybridized carbons (Fsp3) is 0.520. The maximum atomic E-state index is 13.1. The van der Waals surface area contributed by atoms with Crippen LogP contribution < -0.4 is 4.90 Å². The van der Waals surface area contributed by atoms with E-state index in [1.165, 1.54) is 5.56 Å². The summed E-state index contributed by atoms with van der Waals surface area (Å²) in [6, 6.07) is 7.95. The van der Waals surface area contributed by atoms with Crippen LogP contribution in [0.25, 0.3) is 0 Å². The fourth-order valence-electron chi connectivity index (χ4n) is 4.62. The molecule has 2 saturated heterocycles. The quantitative estimate of drug-likeness (QED) is 0.381. The average Bonchev–Trinajstić information content (AvgIpc) is 3.49. The van der Waals surface area contributed by atoms with Crippen LogP contribution in [0.5, 0.6) is 0 Å². The van der Waals surface area contributed by atoms with Gasteiger partial charge in [-0.25, -0.2) is 14.6 Å². The Bertz CT molecular complexity index is 1100. The van der Waals surface area contributed by atoms with Gasteiger partial charge in [0.25, 0.3) is 0 Å². The first-order valence-corrected chi connectivity index (χ1v) is 12.3. The molecule has 2 N–H and O–H groups in total. The molecule has 0 radical (unpaired) electrons. The SMILES string of the molecule is CCOC(=O)[C@]12CCCN(Cc3ccoc3)C[C@H]1CN(c1ccccn1)C2.O=C(O)C(F)(F)F.O=C(O)C(F)(F)F. The third kappa shape index (κ3) is 9.65. The number of hydrogen-bond acceptors (Lipinski definition) is 8. The van der Waals surface area contributed by atoms with Gasteiger partial charge in [-0.15, -0.1) is 0 Å². The van der Waals surface area contributed by atoms with E-state index >= 15 is 0 Å². The number of aliphatic carboxylic acids is 2. The summed E-state index contributed by atoms with van der Waals surface area (Å²) in [5.41, 5.74) is 0.733. The van der Waals surface area contributed by atoms with Gasteiger partial charge in [-0.2, -0.15) is 26.3 Å². The minimum absolute atomic E-state index is 0.0430. The van der Waals surface area contributed by atoms with Crippen molar-refractivity contribution in [3.8, 4) is 0 Å². The fourth-order valence-corrected chi connectivity index (χ4v) is 4.62. The number of carbonyl (C=O) groups is 3. The average molecular weight is 598 g/mol. The lowest BCUT2D eigenvalue weighted by Crippen LogP contribution is -2.42. The van der Waals surface area contributed by atoms with Gasteiger partial charge in [0.15, 0.2) is 0 Å². The number of anilines is 1. The minimum Gasteiger partial charge on any atom is -0.475 e. The van der Waals surface area contributed by atoms with Crippen molar-refractivity contribution in [2.45, 2.75) is 38.7 Å². The molecule has 2 atom stereocenters. The van der Waals surface area contributed by atoms with Gasteiger partial charge in [-0.05, 0) is 44.5 Å². The molecule has 0 amide bonds. The van der Waals surface area contributed by atoms with Crippen LogP contribution in [0, 0.1) is 11.3 Å². The second-order valence-corrected chi connectivity index (χ2v) is 9.22. The number of carboxylic acid groups (broad SMARTS) is 2. The second kappa shape index (κ2) is 14.2. The van der Waals surface area contributed by atoms with Gasteiger partial charge in [-0.1, -0.05) is 6.07 Å². The van der Waals surface area contributed by atoms with Crippen molar-refractivity contribution in [3.63, 3.8) is 0 Å². The Hall–Kier alpha value is -3.82. The van der Waals surface area contributed by atoms with Crippen LogP contribution in [0.2, 0.25) is 0 Å². The van der Waals surface area contributed by atoms with Crippen LogP contribution >= 0.6 is 0 Å². The first-order chi connectivity index (χ1) is 19.1. The molecule has 2 aromatic heterocycles.